The smallest absolute Gasteiger partial charge is 0.408 e. The molecule has 0 bridgehead atoms. The van der Waals surface area contributed by atoms with Gasteiger partial charge < -0.3 is 20.5 Å². The molecule has 0 aromatic rings. The standard InChI is InChI=1S/C17H32N2O4/c1-17(2,3)23-16(22)19-14(12-20)15(21)18-13-10-8-6-4-5-7-9-11-13/h13-14,20H,4-12H2,1-3H3,(H,18,21)(H,19,22). The van der Waals surface area contributed by atoms with Crippen molar-refractivity contribution in [3.63, 3.8) is 0 Å². The molecule has 6 heteroatoms. The zero-order chi connectivity index (χ0) is 17.3. The van der Waals surface area contributed by atoms with Crippen molar-refractivity contribution in [2.45, 2.75) is 89.8 Å². The number of alkyl carbamates (subject to hydrolysis) is 1. The molecule has 0 spiro atoms. The van der Waals surface area contributed by atoms with E-state index >= 15 is 0 Å². The summed E-state index contributed by atoms with van der Waals surface area (Å²) in [6, 6.07) is -0.854. The number of nitrogens with one attached hydrogen (secondary N) is 2. The summed E-state index contributed by atoms with van der Waals surface area (Å²) in [5.74, 6) is -0.345. The van der Waals surface area contributed by atoms with Crippen molar-refractivity contribution in [1.29, 1.82) is 0 Å². The van der Waals surface area contributed by atoms with Crippen LogP contribution in [-0.2, 0) is 9.53 Å². The van der Waals surface area contributed by atoms with Gasteiger partial charge in [-0.2, -0.15) is 0 Å². The van der Waals surface area contributed by atoms with Gasteiger partial charge >= 0.3 is 6.09 Å². The molecule has 23 heavy (non-hydrogen) atoms. The van der Waals surface area contributed by atoms with Crippen LogP contribution in [0, 0.1) is 0 Å². The first-order valence-electron chi connectivity index (χ1n) is 8.72. The molecular weight excluding hydrogens is 296 g/mol. The van der Waals surface area contributed by atoms with Gasteiger partial charge in [0.1, 0.15) is 11.6 Å². The highest BCUT2D eigenvalue weighted by Gasteiger charge is 2.25. The molecule has 0 radical (unpaired) electrons. The van der Waals surface area contributed by atoms with Gasteiger partial charge in [-0.15, -0.1) is 0 Å². The lowest BCUT2D eigenvalue weighted by molar-refractivity contribution is -0.124. The van der Waals surface area contributed by atoms with Crippen LogP contribution in [0.3, 0.4) is 0 Å². The highest BCUT2D eigenvalue weighted by atomic mass is 16.6. The number of carbonyl (C=O) groups is 2. The lowest BCUT2D eigenvalue weighted by Gasteiger charge is -2.24. The second-order valence-corrected chi connectivity index (χ2v) is 7.29. The normalized spacial score (nSPS) is 19.0. The molecule has 0 aromatic heterocycles. The van der Waals surface area contributed by atoms with E-state index in [1.54, 1.807) is 20.8 Å². The van der Waals surface area contributed by atoms with Crippen LogP contribution in [0.2, 0.25) is 0 Å². The van der Waals surface area contributed by atoms with Crippen LogP contribution < -0.4 is 10.6 Å². The minimum absolute atomic E-state index is 0.120. The van der Waals surface area contributed by atoms with Gasteiger partial charge in [-0.05, 0) is 33.6 Å². The maximum absolute atomic E-state index is 12.3. The molecule has 1 atom stereocenters. The Morgan fingerprint density at radius 3 is 2.09 bits per heavy atom. The van der Waals surface area contributed by atoms with Gasteiger partial charge in [-0.25, -0.2) is 4.79 Å². The first-order valence-corrected chi connectivity index (χ1v) is 8.72. The minimum Gasteiger partial charge on any atom is -0.444 e. The summed E-state index contributed by atoms with van der Waals surface area (Å²) in [5, 5.41) is 14.8. The van der Waals surface area contributed by atoms with Crippen LogP contribution in [0.15, 0.2) is 0 Å². The van der Waals surface area contributed by atoms with Crippen molar-refractivity contribution in [3.05, 3.63) is 0 Å². The number of hydrogen-bond donors (Lipinski definition) is 3. The number of aliphatic hydroxyl groups is 1. The molecule has 0 aliphatic heterocycles. The average Bonchev–Trinajstić information content (AvgIpc) is 2.56. The average molecular weight is 328 g/mol. The van der Waals surface area contributed by atoms with E-state index in [1.165, 1.54) is 25.7 Å². The Morgan fingerprint density at radius 2 is 1.61 bits per heavy atom. The lowest BCUT2D eigenvalue weighted by atomic mass is 10.0. The van der Waals surface area contributed by atoms with Crippen LogP contribution in [0.25, 0.3) is 0 Å². The Hall–Kier alpha value is -1.30. The molecule has 1 aliphatic carbocycles. The van der Waals surface area contributed by atoms with Gasteiger partial charge in [-0.3, -0.25) is 4.79 Å². The molecule has 134 valence electrons. The van der Waals surface area contributed by atoms with Crippen LogP contribution in [0.5, 0.6) is 0 Å². The summed E-state index contributed by atoms with van der Waals surface area (Å²) in [6.07, 6.45) is 8.36. The van der Waals surface area contributed by atoms with Crippen molar-refractivity contribution < 1.29 is 19.4 Å². The molecule has 3 N–H and O–H groups in total. The summed E-state index contributed by atoms with van der Waals surface area (Å²) >= 11 is 0. The zero-order valence-electron chi connectivity index (χ0n) is 14.7. The Bertz CT molecular complexity index is 369. The SMILES string of the molecule is CC(C)(C)OC(=O)NC(CO)C(=O)NC1CCCCCCCC1. The molecule has 2 amide bonds. The molecule has 6 nitrogen and oxygen atoms in total. The fourth-order valence-corrected chi connectivity index (χ4v) is 2.72. The van der Waals surface area contributed by atoms with Crippen molar-refractivity contribution in [2.75, 3.05) is 6.61 Å². The van der Waals surface area contributed by atoms with Gasteiger partial charge in [0.15, 0.2) is 0 Å². The van der Waals surface area contributed by atoms with Crippen LogP contribution in [0.1, 0.15) is 72.1 Å². The maximum Gasteiger partial charge on any atom is 0.408 e. The van der Waals surface area contributed by atoms with Gasteiger partial charge in [0.05, 0.1) is 6.61 Å². The monoisotopic (exact) mass is 328 g/mol. The van der Waals surface area contributed by atoms with Crippen molar-refractivity contribution in [3.8, 4) is 0 Å². The Kier molecular flexibility index (Phi) is 8.37. The lowest BCUT2D eigenvalue weighted by Crippen LogP contribution is -2.52. The molecule has 1 fully saturated rings. The van der Waals surface area contributed by atoms with E-state index in [-0.39, 0.29) is 11.9 Å². The molecule has 1 aliphatic rings. The molecule has 1 rings (SSSR count). The summed E-state index contributed by atoms with van der Waals surface area (Å²) in [6.45, 7) is 4.80. The third-order valence-corrected chi connectivity index (χ3v) is 3.89. The molecule has 1 saturated carbocycles. The molecule has 1 unspecified atom stereocenters. The second-order valence-electron chi connectivity index (χ2n) is 7.29. The fourth-order valence-electron chi connectivity index (χ4n) is 2.72. The highest BCUT2D eigenvalue weighted by molar-refractivity contribution is 5.86. The third kappa shape index (κ3) is 8.79. The Labute approximate surface area is 139 Å². The van der Waals surface area contributed by atoms with Gasteiger partial charge in [-0.1, -0.05) is 38.5 Å². The Morgan fingerprint density at radius 1 is 1.09 bits per heavy atom. The second kappa shape index (κ2) is 9.75. The largest absolute Gasteiger partial charge is 0.444 e. The quantitative estimate of drug-likeness (QED) is 0.740. The number of amides is 2. The summed E-state index contributed by atoms with van der Waals surface area (Å²) < 4.78 is 5.12. The van der Waals surface area contributed by atoms with Crippen molar-refractivity contribution in [1.82, 2.24) is 10.6 Å². The predicted octanol–water partition coefficient (Wildman–Crippen LogP) is 2.49. The third-order valence-electron chi connectivity index (χ3n) is 3.89. The van der Waals surface area contributed by atoms with E-state index in [4.69, 9.17) is 4.74 Å². The van der Waals surface area contributed by atoms with Crippen LogP contribution in [0.4, 0.5) is 4.79 Å². The van der Waals surface area contributed by atoms with E-state index in [0.717, 1.165) is 25.7 Å². The van der Waals surface area contributed by atoms with E-state index < -0.39 is 24.3 Å². The molecule has 0 aromatic carbocycles. The van der Waals surface area contributed by atoms with E-state index in [9.17, 15) is 14.7 Å². The number of aliphatic hydroxyl groups excluding tert-OH is 1. The molecule has 0 heterocycles. The maximum atomic E-state index is 12.3. The first-order chi connectivity index (χ1) is 10.8. The summed E-state index contributed by atoms with van der Waals surface area (Å²) in [7, 11) is 0. The highest BCUT2D eigenvalue weighted by Crippen LogP contribution is 2.17. The number of rotatable bonds is 4. The topological polar surface area (TPSA) is 87.7 Å². The fraction of sp³-hybridized carbons (Fsp3) is 0.882. The summed E-state index contributed by atoms with van der Waals surface area (Å²) in [5.41, 5.74) is -0.641. The molecule has 0 saturated heterocycles. The minimum atomic E-state index is -0.975. The van der Waals surface area contributed by atoms with E-state index in [1.807, 2.05) is 0 Å². The van der Waals surface area contributed by atoms with Gasteiger partial charge in [0.25, 0.3) is 0 Å². The summed E-state index contributed by atoms with van der Waals surface area (Å²) in [4.78, 5) is 24.0. The predicted molar refractivity (Wildman–Crippen MR) is 89.1 cm³/mol. The van der Waals surface area contributed by atoms with Crippen LogP contribution >= 0.6 is 0 Å². The van der Waals surface area contributed by atoms with E-state index in [2.05, 4.69) is 10.6 Å². The number of carbonyl (C=O) groups excluding carboxylic acids is 2. The first kappa shape index (κ1) is 19.7. The number of hydrogen-bond acceptors (Lipinski definition) is 4. The molecular formula is C17H32N2O4. The van der Waals surface area contributed by atoms with Crippen LogP contribution in [-0.4, -0.2) is 41.4 Å². The van der Waals surface area contributed by atoms with Crippen molar-refractivity contribution in [2.24, 2.45) is 0 Å². The van der Waals surface area contributed by atoms with Gasteiger partial charge in [0.2, 0.25) is 5.91 Å². The van der Waals surface area contributed by atoms with Gasteiger partial charge in [0, 0.05) is 6.04 Å². The Balaban J connectivity index is 2.49. The number of ether oxygens (including phenoxy) is 1. The van der Waals surface area contributed by atoms with Crippen molar-refractivity contribution >= 4 is 12.0 Å². The van der Waals surface area contributed by atoms with E-state index in [0.29, 0.717) is 0 Å². The zero-order valence-corrected chi connectivity index (χ0v) is 14.7.